The zero-order valence-electron chi connectivity index (χ0n) is 9.46. The zero-order chi connectivity index (χ0) is 12.2. The van der Waals surface area contributed by atoms with Crippen molar-refractivity contribution in [2.75, 3.05) is 16.4 Å². The van der Waals surface area contributed by atoms with Crippen LogP contribution < -0.4 is 4.72 Å². The van der Waals surface area contributed by atoms with Gasteiger partial charge in [0.05, 0.1) is 11.4 Å². The van der Waals surface area contributed by atoms with Crippen LogP contribution in [-0.4, -0.2) is 20.1 Å². The molecule has 0 aliphatic heterocycles. The molecule has 0 bridgehead atoms. The summed E-state index contributed by atoms with van der Waals surface area (Å²) in [5, 5.41) is 0. The van der Waals surface area contributed by atoms with E-state index in [4.69, 9.17) is 11.6 Å². The van der Waals surface area contributed by atoms with Crippen LogP contribution in [0.4, 0.5) is 5.69 Å². The Morgan fingerprint density at radius 1 is 1.31 bits per heavy atom. The summed E-state index contributed by atoms with van der Waals surface area (Å²) in [6.07, 6.45) is 0.460. The summed E-state index contributed by atoms with van der Waals surface area (Å²) in [5.74, 6) is 0.414. The lowest BCUT2D eigenvalue weighted by Crippen LogP contribution is -2.17. The molecule has 1 rings (SSSR count). The Morgan fingerprint density at radius 3 is 2.56 bits per heavy atom. The molecule has 0 saturated carbocycles. The van der Waals surface area contributed by atoms with Gasteiger partial charge < -0.3 is 0 Å². The maximum absolute atomic E-state index is 11.6. The van der Waals surface area contributed by atoms with E-state index in [1.165, 1.54) is 0 Å². The molecule has 0 aromatic heterocycles. The Morgan fingerprint density at radius 2 is 2.00 bits per heavy atom. The van der Waals surface area contributed by atoms with E-state index in [2.05, 4.69) is 4.72 Å². The molecule has 1 N–H and O–H groups in total. The molecule has 0 aliphatic carbocycles. The standard InChI is InChI=1S/C11H16ClNO2S/c1-9-4-5-11(10(2)8-9)13-16(14,15)7-3-6-12/h4-5,8,13H,3,6-7H2,1-2H3. The third-order valence-electron chi connectivity index (χ3n) is 2.19. The van der Waals surface area contributed by atoms with Crippen molar-refractivity contribution in [1.82, 2.24) is 0 Å². The molecule has 0 amide bonds. The topological polar surface area (TPSA) is 46.2 Å². The van der Waals surface area contributed by atoms with E-state index in [-0.39, 0.29) is 5.75 Å². The second-order valence-corrected chi connectivity index (χ2v) is 6.00. The van der Waals surface area contributed by atoms with E-state index in [0.717, 1.165) is 11.1 Å². The molecular weight excluding hydrogens is 246 g/mol. The van der Waals surface area contributed by atoms with E-state index in [1.54, 1.807) is 6.07 Å². The number of rotatable bonds is 5. The summed E-state index contributed by atoms with van der Waals surface area (Å²) in [4.78, 5) is 0. The first kappa shape index (κ1) is 13.3. The van der Waals surface area contributed by atoms with Crippen LogP contribution in [0.5, 0.6) is 0 Å². The van der Waals surface area contributed by atoms with Crippen molar-refractivity contribution in [1.29, 1.82) is 0 Å². The maximum Gasteiger partial charge on any atom is 0.232 e. The average molecular weight is 262 g/mol. The summed E-state index contributed by atoms with van der Waals surface area (Å²) in [6.45, 7) is 3.85. The van der Waals surface area contributed by atoms with E-state index >= 15 is 0 Å². The minimum Gasteiger partial charge on any atom is -0.283 e. The molecule has 16 heavy (non-hydrogen) atoms. The average Bonchev–Trinajstić information content (AvgIpc) is 2.19. The fraction of sp³-hybridized carbons (Fsp3) is 0.455. The Kier molecular flexibility index (Phi) is 4.62. The van der Waals surface area contributed by atoms with Crippen LogP contribution in [0, 0.1) is 13.8 Å². The summed E-state index contributed by atoms with van der Waals surface area (Å²) in [7, 11) is -3.27. The molecule has 5 heteroatoms. The van der Waals surface area contributed by atoms with Gasteiger partial charge in [-0.3, -0.25) is 4.72 Å². The highest BCUT2D eigenvalue weighted by Crippen LogP contribution is 2.17. The van der Waals surface area contributed by atoms with Crippen LogP contribution in [-0.2, 0) is 10.0 Å². The van der Waals surface area contributed by atoms with Gasteiger partial charge in [0, 0.05) is 5.88 Å². The molecule has 0 atom stereocenters. The summed E-state index contributed by atoms with van der Waals surface area (Å²) in [5.41, 5.74) is 2.68. The third kappa shape index (κ3) is 4.02. The van der Waals surface area contributed by atoms with Gasteiger partial charge >= 0.3 is 0 Å². The van der Waals surface area contributed by atoms with E-state index in [9.17, 15) is 8.42 Å². The van der Waals surface area contributed by atoms with Crippen molar-refractivity contribution >= 4 is 27.3 Å². The second-order valence-electron chi connectivity index (χ2n) is 3.78. The highest BCUT2D eigenvalue weighted by atomic mass is 35.5. The number of halogens is 1. The molecule has 1 aromatic carbocycles. The van der Waals surface area contributed by atoms with Crippen molar-refractivity contribution in [2.45, 2.75) is 20.3 Å². The molecule has 0 heterocycles. The van der Waals surface area contributed by atoms with Gasteiger partial charge in [0.2, 0.25) is 10.0 Å². The van der Waals surface area contributed by atoms with E-state index < -0.39 is 10.0 Å². The quantitative estimate of drug-likeness (QED) is 0.829. The lowest BCUT2D eigenvalue weighted by Gasteiger charge is -2.10. The normalized spacial score (nSPS) is 11.4. The van der Waals surface area contributed by atoms with Crippen LogP contribution in [0.2, 0.25) is 0 Å². The first-order valence-corrected chi connectivity index (χ1v) is 7.27. The van der Waals surface area contributed by atoms with Crippen molar-refractivity contribution in [3.63, 3.8) is 0 Å². The smallest absolute Gasteiger partial charge is 0.232 e. The maximum atomic E-state index is 11.6. The molecule has 0 spiro atoms. The van der Waals surface area contributed by atoms with Crippen LogP contribution in [0.3, 0.4) is 0 Å². The fourth-order valence-corrected chi connectivity index (χ4v) is 2.87. The van der Waals surface area contributed by atoms with Crippen LogP contribution in [0.15, 0.2) is 18.2 Å². The molecule has 90 valence electrons. The van der Waals surface area contributed by atoms with Crippen molar-refractivity contribution < 1.29 is 8.42 Å². The van der Waals surface area contributed by atoms with Gasteiger partial charge in [-0.05, 0) is 31.9 Å². The van der Waals surface area contributed by atoms with Crippen LogP contribution >= 0.6 is 11.6 Å². The Labute approximate surface area is 102 Å². The number of anilines is 1. The fourth-order valence-electron chi connectivity index (χ4n) is 1.39. The van der Waals surface area contributed by atoms with Gasteiger partial charge in [0.1, 0.15) is 0 Å². The number of nitrogens with one attached hydrogen (secondary N) is 1. The van der Waals surface area contributed by atoms with E-state index in [1.807, 2.05) is 26.0 Å². The predicted molar refractivity (Wildman–Crippen MR) is 68.7 cm³/mol. The van der Waals surface area contributed by atoms with Gasteiger partial charge in [-0.15, -0.1) is 11.6 Å². The molecule has 3 nitrogen and oxygen atoms in total. The summed E-state index contributed by atoms with van der Waals surface area (Å²) >= 11 is 5.47. The van der Waals surface area contributed by atoms with Gasteiger partial charge in [0.15, 0.2) is 0 Å². The molecule has 0 fully saturated rings. The van der Waals surface area contributed by atoms with Crippen molar-refractivity contribution in [3.05, 3.63) is 29.3 Å². The number of hydrogen-bond acceptors (Lipinski definition) is 2. The lowest BCUT2D eigenvalue weighted by atomic mass is 10.1. The molecule has 1 aromatic rings. The molecule has 0 aliphatic rings. The van der Waals surface area contributed by atoms with Crippen molar-refractivity contribution in [3.8, 4) is 0 Å². The highest BCUT2D eigenvalue weighted by Gasteiger charge is 2.10. The number of hydrogen-bond donors (Lipinski definition) is 1. The first-order valence-electron chi connectivity index (χ1n) is 5.08. The number of aryl methyl sites for hydroxylation is 2. The van der Waals surface area contributed by atoms with Gasteiger partial charge in [0.25, 0.3) is 0 Å². The monoisotopic (exact) mass is 261 g/mol. The summed E-state index contributed by atoms with van der Waals surface area (Å²) in [6, 6.07) is 5.61. The third-order valence-corrected chi connectivity index (χ3v) is 3.82. The molecular formula is C11H16ClNO2S. The number of alkyl halides is 1. The second kappa shape index (κ2) is 5.55. The van der Waals surface area contributed by atoms with Gasteiger partial charge in [-0.1, -0.05) is 17.7 Å². The van der Waals surface area contributed by atoms with Crippen LogP contribution in [0.25, 0.3) is 0 Å². The minimum atomic E-state index is -3.27. The zero-order valence-corrected chi connectivity index (χ0v) is 11.0. The Hall–Kier alpha value is -0.740. The van der Waals surface area contributed by atoms with Gasteiger partial charge in [-0.2, -0.15) is 0 Å². The van der Waals surface area contributed by atoms with Crippen LogP contribution in [0.1, 0.15) is 17.5 Å². The molecule has 0 saturated heterocycles. The van der Waals surface area contributed by atoms with Crippen molar-refractivity contribution in [2.24, 2.45) is 0 Å². The summed E-state index contributed by atoms with van der Waals surface area (Å²) < 4.78 is 25.8. The Bertz CT molecular complexity index is 457. The number of sulfonamides is 1. The minimum absolute atomic E-state index is 0.0593. The highest BCUT2D eigenvalue weighted by molar-refractivity contribution is 7.92. The molecule has 0 radical (unpaired) electrons. The molecule has 0 unspecified atom stereocenters. The predicted octanol–water partition coefficient (Wildman–Crippen LogP) is 2.67. The Balaban J connectivity index is 2.80. The first-order chi connectivity index (χ1) is 7.44. The lowest BCUT2D eigenvalue weighted by molar-refractivity contribution is 0.600. The number of benzene rings is 1. The van der Waals surface area contributed by atoms with E-state index in [0.29, 0.717) is 18.0 Å². The largest absolute Gasteiger partial charge is 0.283 e. The SMILES string of the molecule is Cc1ccc(NS(=O)(=O)CCCCl)c(C)c1. The van der Waals surface area contributed by atoms with Gasteiger partial charge in [-0.25, -0.2) is 8.42 Å².